The third-order valence-electron chi connectivity index (χ3n) is 3.29. The van der Waals surface area contributed by atoms with Gasteiger partial charge in [0.05, 0.1) is 5.69 Å². The van der Waals surface area contributed by atoms with Crippen LogP contribution in [0.25, 0.3) is 0 Å². The van der Waals surface area contributed by atoms with Gasteiger partial charge in [-0.3, -0.25) is 8.99 Å². The van der Waals surface area contributed by atoms with Crippen molar-refractivity contribution in [2.75, 3.05) is 17.1 Å². The Morgan fingerprint density at radius 2 is 1.81 bits per heavy atom. The van der Waals surface area contributed by atoms with Crippen LogP contribution in [0.5, 0.6) is 0 Å². The molecule has 7 heteroatoms. The Labute approximate surface area is 125 Å². The van der Waals surface area contributed by atoms with Crippen molar-refractivity contribution in [2.45, 2.75) is 32.2 Å². The molecule has 0 aliphatic carbocycles. The lowest BCUT2D eigenvalue weighted by atomic mass is 10.1. The first-order valence-corrected chi connectivity index (χ1v) is 8.10. The fraction of sp³-hybridized carbons (Fsp3) is 0.357. The largest absolute Gasteiger partial charge is 0.381 e. The molecule has 0 radical (unpaired) electrons. The molecule has 0 saturated carbocycles. The van der Waals surface area contributed by atoms with E-state index in [1.165, 1.54) is 22.2 Å². The highest BCUT2D eigenvalue weighted by Crippen LogP contribution is 2.26. The monoisotopic (exact) mass is 308 g/mol. The molecule has 0 spiro atoms. The number of sulfonamides is 1. The molecule has 21 heavy (non-hydrogen) atoms. The van der Waals surface area contributed by atoms with Gasteiger partial charge in [0, 0.05) is 19.8 Å². The van der Waals surface area contributed by atoms with Crippen molar-refractivity contribution < 1.29 is 8.42 Å². The molecule has 6 nitrogen and oxygen atoms in total. The van der Waals surface area contributed by atoms with Gasteiger partial charge >= 0.3 is 0 Å². The number of hydrogen-bond donors (Lipinski definition) is 1. The molecule has 2 rings (SSSR count). The summed E-state index contributed by atoms with van der Waals surface area (Å²) in [6.07, 6.45) is 1.46. The summed E-state index contributed by atoms with van der Waals surface area (Å²) >= 11 is 0. The van der Waals surface area contributed by atoms with Crippen LogP contribution < -0.4 is 10.0 Å². The fourth-order valence-corrected chi connectivity index (χ4v) is 3.44. The highest BCUT2D eigenvalue weighted by Gasteiger charge is 2.26. The molecule has 0 aliphatic heterocycles. The number of aryl methyl sites for hydroxylation is 3. The molecular weight excluding hydrogens is 288 g/mol. The number of nitrogens with zero attached hydrogens (tertiary/aromatic N) is 3. The SMILES string of the molecule is CCn1cc(S(=O)(=O)N(C)c2cc(C)cc(C)c2)c(N)n1. The second kappa shape index (κ2) is 5.40. The average Bonchev–Trinajstić information content (AvgIpc) is 2.78. The van der Waals surface area contributed by atoms with Gasteiger partial charge in [0.2, 0.25) is 0 Å². The van der Waals surface area contributed by atoms with Crippen LogP contribution in [0.4, 0.5) is 11.5 Å². The van der Waals surface area contributed by atoms with E-state index >= 15 is 0 Å². The Balaban J connectivity index is 2.49. The van der Waals surface area contributed by atoms with Gasteiger partial charge in [-0.25, -0.2) is 8.42 Å². The van der Waals surface area contributed by atoms with Crippen molar-refractivity contribution in [1.82, 2.24) is 9.78 Å². The van der Waals surface area contributed by atoms with E-state index in [2.05, 4.69) is 5.10 Å². The zero-order chi connectivity index (χ0) is 15.8. The lowest BCUT2D eigenvalue weighted by molar-refractivity contribution is 0.594. The maximum Gasteiger partial charge on any atom is 0.269 e. The highest BCUT2D eigenvalue weighted by molar-refractivity contribution is 7.93. The van der Waals surface area contributed by atoms with Gasteiger partial charge in [-0.2, -0.15) is 5.10 Å². The minimum atomic E-state index is -3.72. The molecule has 0 amide bonds. The molecule has 0 atom stereocenters. The third-order valence-corrected chi connectivity index (χ3v) is 5.09. The number of nitrogens with two attached hydrogens (primary N) is 1. The number of benzene rings is 1. The third kappa shape index (κ3) is 2.87. The van der Waals surface area contributed by atoms with Gasteiger partial charge in [0.1, 0.15) is 4.90 Å². The van der Waals surface area contributed by atoms with Crippen LogP contribution in [0.3, 0.4) is 0 Å². The molecule has 114 valence electrons. The van der Waals surface area contributed by atoms with Crippen LogP contribution >= 0.6 is 0 Å². The lowest BCUT2D eigenvalue weighted by Crippen LogP contribution is -2.27. The van der Waals surface area contributed by atoms with Crippen LogP contribution in [0, 0.1) is 13.8 Å². The van der Waals surface area contributed by atoms with Gasteiger partial charge in [-0.1, -0.05) is 6.07 Å². The van der Waals surface area contributed by atoms with Crippen LogP contribution in [0.1, 0.15) is 18.1 Å². The summed E-state index contributed by atoms with van der Waals surface area (Å²) in [5, 5.41) is 4.00. The Morgan fingerprint density at radius 3 is 2.29 bits per heavy atom. The molecule has 0 saturated heterocycles. The number of anilines is 2. The van der Waals surface area contributed by atoms with Gasteiger partial charge in [-0.15, -0.1) is 0 Å². The van der Waals surface area contributed by atoms with Crippen molar-refractivity contribution in [3.63, 3.8) is 0 Å². The second-order valence-corrected chi connectivity index (χ2v) is 6.99. The number of aromatic nitrogens is 2. The predicted molar refractivity (Wildman–Crippen MR) is 83.8 cm³/mol. The summed E-state index contributed by atoms with van der Waals surface area (Å²) < 4.78 is 28.1. The van der Waals surface area contributed by atoms with Crippen molar-refractivity contribution in [3.8, 4) is 0 Å². The normalized spacial score (nSPS) is 11.6. The predicted octanol–water partition coefficient (Wildman–Crippen LogP) is 1.93. The quantitative estimate of drug-likeness (QED) is 0.935. The first-order valence-electron chi connectivity index (χ1n) is 6.66. The maximum atomic E-state index is 12.7. The standard InChI is InChI=1S/C14H20N4O2S/c1-5-18-9-13(14(15)16-18)21(19,20)17(4)12-7-10(2)6-11(3)8-12/h6-9H,5H2,1-4H3,(H2,15,16). The summed E-state index contributed by atoms with van der Waals surface area (Å²) in [7, 11) is -2.20. The number of rotatable bonds is 4. The minimum absolute atomic E-state index is 0.0214. The molecular formula is C14H20N4O2S. The minimum Gasteiger partial charge on any atom is -0.381 e. The molecule has 2 N–H and O–H groups in total. The van der Waals surface area contributed by atoms with Crippen molar-refractivity contribution >= 4 is 21.5 Å². The molecule has 0 aliphatic rings. The first-order chi connectivity index (χ1) is 9.75. The highest BCUT2D eigenvalue weighted by atomic mass is 32.2. The Hall–Kier alpha value is -2.02. The summed E-state index contributed by atoms with van der Waals surface area (Å²) in [6, 6.07) is 5.64. The zero-order valence-electron chi connectivity index (χ0n) is 12.7. The maximum absolute atomic E-state index is 12.7. The zero-order valence-corrected chi connectivity index (χ0v) is 13.5. The first kappa shape index (κ1) is 15.4. The lowest BCUT2D eigenvalue weighted by Gasteiger charge is -2.19. The second-order valence-electron chi connectivity index (χ2n) is 5.05. The number of nitrogen functional groups attached to an aromatic ring is 1. The Bertz CT molecular complexity index is 745. The molecule has 0 bridgehead atoms. The smallest absolute Gasteiger partial charge is 0.269 e. The van der Waals surface area contributed by atoms with Crippen LogP contribution in [-0.4, -0.2) is 25.2 Å². The summed E-state index contributed by atoms with van der Waals surface area (Å²) in [5.41, 5.74) is 8.36. The van der Waals surface area contributed by atoms with Crippen LogP contribution in [0.2, 0.25) is 0 Å². The van der Waals surface area contributed by atoms with E-state index < -0.39 is 10.0 Å². The van der Waals surface area contributed by atoms with E-state index in [9.17, 15) is 8.42 Å². The van der Waals surface area contributed by atoms with Gasteiger partial charge in [-0.05, 0) is 44.0 Å². The van der Waals surface area contributed by atoms with Crippen molar-refractivity contribution in [2.24, 2.45) is 0 Å². The van der Waals surface area contributed by atoms with E-state index in [4.69, 9.17) is 5.73 Å². The Morgan fingerprint density at radius 1 is 1.24 bits per heavy atom. The molecule has 1 heterocycles. The summed E-state index contributed by atoms with van der Waals surface area (Å²) in [6.45, 7) is 6.30. The molecule has 0 fully saturated rings. The van der Waals surface area contributed by atoms with Crippen LogP contribution in [0.15, 0.2) is 29.3 Å². The van der Waals surface area contributed by atoms with E-state index in [0.717, 1.165) is 11.1 Å². The fourth-order valence-electron chi connectivity index (χ4n) is 2.20. The molecule has 1 aromatic heterocycles. The van der Waals surface area contributed by atoms with Crippen molar-refractivity contribution in [3.05, 3.63) is 35.5 Å². The topological polar surface area (TPSA) is 81.2 Å². The molecule has 0 unspecified atom stereocenters. The van der Waals surface area contributed by atoms with Gasteiger partial charge < -0.3 is 5.73 Å². The average molecular weight is 308 g/mol. The van der Waals surface area contributed by atoms with E-state index in [1.54, 1.807) is 0 Å². The van der Waals surface area contributed by atoms with Crippen molar-refractivity contribution in [1.29, 1.82) is 0 Å². The van der Waals surface area contributed by atoms with E-state index in [-0.39, 0.29) is 10.7 Å². The van der Waals surface area contributed by atoms with E-state index in [1.807, 2.05) is 39.0 Å². The molecule has 1 aromatic carbocycles. The molecule has 2 aromatic rings. The number of hydrogen-bond acceptors (Lipinski definition) is 4. The van der Waals surface area contributed by atoms with Crippen LogP contribution in [-0.2, 0) is 16.6 Å². The Kier molecular flexibility index (Phi) is 3.95. The summed E-state index contributed by atoms with van der Waals surface area (Å²) in [4.78, 5) is 0.0333. The van der Waals surface area contributed by atoms with E-state index in [0.29, 0.717) is 12.2 Å². The van der Waals surface area contributed by atoms with Gasteiger partial charge in [0.25, 0.3) is 10.0 Å². The van der Waals surface area contributed by atoms with Gasteiger partial charge in [0.15, 0.2) is 5.82 Å². The summed E-state index contributed by atoms with van der Waals surface area (Å²) in [5.74, 6) is 0.0214.